The molecule has 6 heteroatoms. The first-order valence-corrected chi connectivity index (χ1v) is 9.50. The largest absolute Gasteiger partial charge is 0.359 e. The fourth-order valence-electron chi connectivity index (χ4n) is 3.54. The maximum absolute atomic E-state index is 13.0. The number of nitriles is 1. The van der Waals surface area contributed by atoms with Crippen LogP contribution in [0.25, 0.3) is 0 Å². The van der Waals surface area contributed by atoms with E-state index in [1.807, 2.05) is 19.2 Å². The predicted octanol–water partition coefficient (Wildman–Crippen LogP) is 3.70. The van der Waals surface area contributed by atoms with Crippen LogP contribution in [0.4, 0.5) is 10.2 Å². The highest BCUT2D eigenvalue weighted by atomic mass is 19.1. The zero-order valence-corrected chi connectivity index (χ0v) is 15.7. The van der Waals surface area contributed by atoms with Gasteiger partial charge in [0.05, 0.1) is 5.56 Å². The van der Waals surface area contributed by atoms with Crippen LogP contribution in [0.2, 0.25) is 0 Å². The number of unbranched alkanes of at least 4 members (excludes halogenated alkanes) is 2. The summed E-state index contributed by atoms with van der Waals surface area (Å²) in [6.07, 6.45) is 7.21. The van der Waals surface area contributed by atoms with E-state index in [2.05, 4.69) is 26.8 Å². The van der Waals surface area contributed by atoms with Crippen molar-refractivity contribution in [2.45, 2.75) is 44.2 Å². The molecule has 142 valence electrons. The van der Waals surface area contributed by atoms with E-state index in [4.69, 9.17) is 5.26 Å². The van der Waals surface area contributed by atoms with E-state index in [1.165, 1.54) is 12.1 Å². The topological polar surface area (TPSA) is 64.0 Å². The van der Waals surface area contributed by atoms with Gasteiger partial charge >= 0.3 is 0 Å². The standard InChI is InChI=1S/C21H26FN5/c1-27(21-17(15-23)6-5-12-24-21)13-4-2-3-7-19-14-20(26-25-19)16-8-10-18(22)11-9-16/h5-6,8-12,19-20,25-26H,2-4,7,13-14H2,1H3. The molecule has 2 heterocycles. The number of nitrogens with one attached hydrogen (secondary N) is 2. The molecule has 0 saturated carbocycles. The second kappa shape index (κ2) is 9.45. The molecule has 1 aromatic heterocycles. The van der Waals surface area contributed by atoms with Crippen molar-refractivity contribution in [3.63, 3.8) is 0 Å². The Morgan fingerprint density at radius 2 is 2.00 bits per heavy atom. The summed E-state index contributed by atoms with van der Waals surface area (Å²) in [4.78, 5) is 6.37. The molecule has 0 amide bonds. The first-order chi connectivity index (χ1) is 13.2. The molecule has 2 unspecified atom stereocenters. The van der Waals surface area contributed by atoms with Crippen LogP contribution in [0.15, 0.2) is 42.6 Å². The van der Waals surface area contributed by atoms with Crippen molar-refractivity contribution in [3.05, 3.63) is 59.5 Å². The number of anilines is 1. The molecular formula is C21H26FN5. The van der Waals surface area contributed by atoms with Gasteiger partial charge in [-0.2, -0.15) is 5.26 Å². The molecule has 1 aliphatic heterocycles. The third kappa shape index (κ3) is 5.25. The molecule has 0 spiro atoms. The van der Waals surface area contributed by atoms with Crippen LogP contribution in [-0.4, -0.2) is 24.6 Å². The number of halogens is 1. The van der Waals surface area contributed by atoms with Crippen molar-refractivity contribution in [1.29, 1.82) is 5.26 Å². The van der Waals surface area contributed by atoms with Crippen molar-refractivity contribution < 1.29 is 4.39 Å². The van der Waals surface area contributed by atoms with Gasteiger partial charge in [0, 0.05) is 31.9 Å². The molecule has 5 nitrogen and oxygen atoms in total. The van der Waals surface area contributed by atoms with Gasteiger partial charge in [-0.05, 0) is 49.1 Å². The summed E-state index contributed by atoms with van der Waals surface area (Å²) in [5, 5.41) is 9.17. The average Bonchev–Trinajstić information content (AvgIpc) is 3.17. The van der Waals surface area contributed by atoms with Gasteiger partial charge in [0.2, 0.25) is 0 Å². The fraction of sp³-hybridized carbons (Fsp3) is 0.429. The zero-order valence-electron chi connectivity index (χ0n) is 15.7. The number of hydrogen-bond donors (Lipinski definition) is 2. The lowest BCUT2D eigenvalue weighted by Gasteiger charge is -2.19. The van der Waals surface area contributed by atoms with Gasteiger partial charge in [-0.15, -0.1) is 0 Å². The molecule has 2 atom stereocenters. The van der Waals surface area contributed by atoms with Crippen LogP contribution in [0.5, 0.6) is 0 Å². The van der Waals surface area contributed by atoms with E-state index >= 15 is 0 Å². The van der Waals surface area contributed by atoms with Crippen LogP contribution in [0.1, 0.15) is 49.3 Å². The molecule has 2 aromatic rings. The van der Waals surface area contributed by atoms with Gasteiger partial charge in [-0.1, -0.05) is 25.0 Å². The number of benzene rings is 1. The van der Waals surface area contributed by atoms with Gasteiger partial charge in [0.15, 0.2) is 0 Å². The zero-order chi connectivity index (χ0) is 19.1. The van der Waals surface area contributed by atoms with Crippen LogP contribution in [-0.2, 0) is 0 Å². The van der Waals surface area contributed by atoms with E-state index in [0.29, 0.717) is 11.6 Å². The third-order valence-corrected chi connectivity index (χ3v) is 5.07. The van der Waals surface area contributed by atoms with E-state index < -0.39 is 0 Å². The van der Waals surface area contributed by atoms with E-state index in [1.54, 1.807) is 18.3 Å². The summed E-state index contributed by atoms with van der Waals surface area (Å²) < 4.78 is 13.0. The van der Waals surface area contributed by atoms with Gasteiger partial charge in [0.25, 0.3) is 0 Å². The van der Waals surface area contributed by atoms with Crippen molar-refractivity contribution in [2.75, 3.05) is 18.5 Å². The molecule has 1 aliphatic rings. The van der Waals surface area contributed by atoms with E-state index in [9.17, 15) is 4.39 Å². The van der Waals surface area contributed by atoms with Gasteiger partial charge < -0.3 is 4.90 Å². The predicted molar refractivity (Wildman–Crippen MR) is 105 cm³/mol. The number of hydrazine groups is 1. The van der Waals surface area contributed by atoms with Crippen molar-refractivity contribution in [1.82, 2.24) is 15.8 Å². The van der Waals surface area contributed by atoms with Crippen molar-refractivity contribution in [3.8, 4) is 6.07 Å². The maximum atomic E-state index is 13.0. The minimum atomic E-state index is -0.196. The highest BCUT2D eigenvalue weighted by Crippen LogP contribution is 2.25. The first kappa shape index (κ1) is 19.3. The Balaban J connectivity index is 1.35. The molecule has 1 aromatic carbocycles. The first-order valence-electron chi connectivity index (χ1n) is 9.50. The molecule has 0 bridgehead atoms. The Kier molecular flexibility index (Phi) is 6.74. The van der Waals surface area contributed by atoms with Crippen LogP contribution in [0, 0.1) is 17.1 Å². The molecule has 3 rings (SSSR count). The summed E-state index contributed by atoms with van der Waals surface area (Å²) in [5.41, 5.74) is 8.42. The van der Waals surface area contributed by atoms with Crippen LogP contribution >= 0.6 is 0 Å². The minimum Gasteiger partial charge on any atom is -0.359 e. The molecule has 1 fully saturated rings. The Morgan fingerprint density at radius 1 is 1.19 bits per heavy atom. The van der Waals surface area contributed by atoms with Crippen LogP contribution < -0.4 is 15.8 Å². The molecule has 1 saturated heterocycles. The number of aromatic nitrogens is 1. The van der Waals surface area contributed by atoms with Crippen LogP contribution in [0.3, 0.4) is 0 Å². The summed E-state index contributed by atoms with van der Waals surface area (Å²) in [5.74, 6) is 0.558. The van der Waals surface area contributed by atoms with Crippen molar-refractivity contribution >= 4 is 5.82 Å². The summed E-state index contributed by atoms with van der Waals surface area (Å²) >= 11 is 0. The molecule has 2 N–H and O–H groups in total. The number of pyridine rings is 1. The average molecular weight is 367 g/mol. The smallest absolute Gasteiger partial charge is 0.146 e. The fourth-order valence-corrected chi connectivity index (χ4v) is 3.54. The Bertz CT molecular complexity index is 771. The summed E-state index contributed by atoms with van der Waals surface area (Å²) in [7, 11) is 1.99. The lowest BCUT2D eigenvalue weighted by Crippen LogP contribution is -2.30. The highest BCUT2D eigenvalue weighted by Gasteiger charge is 2.24. The summed E-state index contributed by atoms with van der Waals surface area (Å²) in [6, 6.07) is 13.2. The second-order valence-electron chi connectivity index (χ2n) is 7.08. The normalized spacial score (nSPS) is 19.0. The maximum Gasteiger partial charge on any atom is 0.146 e. The van der Waals surface area contributed by atoms with E-state index in [-0.39, 0.29) is 11.9 Å². The van der Waals surface area contributed by atoms with Gasteiger partial charge in [-0.25, -0.2) is 9.37 Å². The van der Waals surface area contributed by atoms with E-state index in [0.717, 1.165) is 50.0 Å². The lowest BCUT2D eigenvalue weighted by atomic mass is 9.99. The number of hydrogen-bond acceptors (Lipinski definition) is 5. The van der Waals surface area contributed by atoms with Gasteiger partial charge in [-0.3, -0.25) is 10.9 Å². The molecule has 27 heavy (non-hydrogen) atoms. The monoisotopic (exact) mass is 367 g/mol. The minimum absolute atomic E-state index is 0.196. The molecular weight excluding hydrogens is 341 g/mol. The summed E-state index contributed by atoms with van der Waals surface area (Å²) in [6.45, 7) is 0.889. The number of nitrogens with zero attached hydrogens (tertiary/aromatic N) is 3. The second-order valence-corrected chi connectivity index (χ2v) is 7.08. The Morgan fingerprint density at radius 3 is 2.78 bits per heavy atom. The molecule has 0 aliphatic carbocycles. The quantitative estimate of drug-likeness (QED) is 0.697. The SMILES string of the molecule is CN(CCCCCC1CC(c2ccc(F)cc2)NN1)c1ncccc1C#N. The lowest BCUT2D eigenvalue weighted by molar-refractivity contribution is 0.488. The molecule has 0 radical (unpaired) electrons. The van der Waals surface area contributed by atoms with Crippen molar-refractivity contribution in [2.24, 2.45) is 0 Å². The Labute approximate surface area is 160 Å². The number of rotatable bonds is 8. The van der Waals surface area contributed by atoms with Gasteiger partial charge in [0.1, 0.15) is 17.7 Å². The highest BCUT2D eigenvalue weighted by molar-refractivity contribution is 5.52. The third-order valence-electron chi connectivity index (χ3n) is 5.07. The Hall–Kier alpha value is -2.49.